The van der Waals surface area contributed by atoms with Crippen LogP contribution in [0.25, 0.3) is 0 Å². The lowest BCUT2D eigenvalue weighted by molar-refractivity contribution is -0.384. The topological polar surface area (TPSA) is 113 Å². The summed E-state index contributed by atoms with van der Waals surface area (Å²) in [7, 11) is 1.09. The van der Waals surface area contributed by atoms with Crippen molar-refractivity contribution in [1.82, 2.24) is 0 Å². The van der Waals surface area contributed by atoms with Crippen LogP contribution in [0.4, 0.5) is 10.1 Å². The van der Waals surface area contributed by atoms with Gasteiger partial charge in [-0.3, -0.25) is 14.9 Å². The molecule has 27 heavy (non-hydrogen) atoms. The van der Waals surface area contributed by atoms with Gasteiger partial charge in [-0.15, -0.1) is 0 Å². The fraction of sp³-hybridized carbons (Fsp3) is 0.167. The van der Waals surface area contributed by atoms with Crippen LogP contribution in [0.3, 0.4) is 0 Å². The first-order chi connectivity index (χ1) is 12.7. The molecular weight excluding hydrogens is 361 g/mol. The molecule has 0 aliphatic rings. The number of ether oxygens (including phenoxy) is 2. The van der Waals surface area contributed by atoms with Crippen molar-refractivity contribution >= 4 is 23.4 Å². The normalized spacial score (nSPS) is 11.4. The van der Waals surface area contributed by atoms with Crippen LogP contribution in [0.15, 0.2) is 42.5 Å². The number of hydrogen-bond donors (Lipinski definition) is 0. The first-order valence-corrected chi connectivity index (χ1v) is 7.61. The maximum Gasteiger partial charge on any atom is 0.339 e. The molecule has 0 unspecified atom stereocenters. The molecule has 2 aromatic rings. The standard InChI is InChI=1S/C18H14FNO7/c1-10(16(21)11-3-5-14(19)6-4-11)27-18(23)13-7-12(17(22)26-2)8-15(9-13)20(24)25/h3-10H,1-2H3/t10-/m1/s1. The van der Waals surface area contributed by atoms with Crippen LogP contribution in [0.1, 0.15) is 38.0 Å². The number of nitro groups is 1. The van der Waals surface area contributed by atoms with Crippen molar-refractivity contribution in [1.29, 1.82) is 0 Å². The molecule has 0 aliphatic carbocycles. The van der Waals surface area contributed by atoms with E-state index in [1.54, 1.807) is 0 Å². The highest BCUT2D eigenvalue weighted by molar-refractivity contribution is 6.02. The Hall–Kier alpha value is -3.62. The number of halogens is 1. The molecule has 0 N–H and O–H groups in total. The Kier molecular flexibility index (Phi) is 5.96. The molecule has 0 bridgehead atoms. The van der Waals surface area contributed by atoms with Crippen molar-refractivity contribution in [2.24, 2.45) is 0 Å². The van der Waals surface area contributed by atoms with Crippen molar-refractivity contribution in [2.75, 3.05) is 7.11 Å². The zero-order chi connectivity index (χ0) is 20.1. The Labute approximate surface area is 152 Å². The molecule has 1 atom stereocenters. The van der Waals surface area contributed by atoms with Crippen LogP contribution < -0.4 is 0 Å². The van der Waals surface area contributed by atoms with Gasteiger partial charge >= 0.3 is 11.9 Å². The molecule has 140 valence electrons. The smallest absolute Gasteiger partial charge is 0.339 e. The summed E-state index contributed by atoms with van der Waals surface area (Å²) in [6.45, 7) is 1.31. The van der Waals surface area contributed by atoms with Crippen molar-refractivity contribution in [3.05, 3.63) is 75.1 Å². The Morgan fingerprint density at radius 3 is 2.07 bits per heavy atom. The maximum absolute atomic E-state index is 12.9. The van der Waals surface area contributed by atoms with Gasteiger partial charge in [0.05, 0.1) is 23.2 Å². The Balaban J connectivity index is 2.24. The van der Waals surface area contributed by atoms with Gasteiger partial charge in [-0.25, -0.2) is 14.0 Å². The molecule has 0 radical (unpaired) electrons. The number of carbonyl (C=O) groups is 3. The summed E-state index contributed by atoms with van der Waals surface area (Å²) in [5.41, 5.74) is -0.882. The van der Waals surface area contributed by atoms with Crippen LogP contribution >= 0.6 is 0 Å². The fourth-order valence-electron chi connectivity index (χ4n) is 2.20. The summed E-state index contributed by atoms with van der Waals surface area (Å²) in [5.74, 6) is -3.01. The lowest BCUT2D eigenvalue weighted by atomic mass is 10.1. The summed E-state index contributed by atoms with van der Waals surface area (Å²) < 4.78 is 22.5. The second-order valence-corrected chi connectivity index (χ2v) is 5.44. The van der Waals surface area contributed by atoms with E-state index < -0.39 is 40.3 Å². The van der Waals surface area contributed by atoms with Gasteiger partial charge in [0, 0.05) is 17.7 Å². The molecule has 2 rings (SSSR count). The third-order valence-corrected chi connectivity index (χ3v) is 3.57. The average Bonchev–Trinajstić information content (AvgIpc) is 2.66. The number of methoxy groups -OCH3 is 1. The molecular formula is C18H14FNO7. The summed E-state index contributed by atoms with van der Waals surface area (Å²) in [4.78, 5) is 46.4. The van der Waals surface area contributed by atoms with Gasteiger partial charge in [0.25, 0.3) is 5.69 Å². The zero-order valence-corrected chi connectivity index (χ0v) is 14.3. The van der Waals surface area contributed by atoms with Gasteiger partial charge in [-0.2, -0.15) is 0 Å². The van der Waals surface area contributed by atoms with E-state index in [2.05, 4.69) is 4.74 Å². The quantitative estimate of drug-likeness (QED) is 0.330. The van der Waals surface area contributed by atoms with E-state index in [0.717, 1.165) is 37.4 Å². The van der Waals surface area contributed by atoms with Crippen molar-refractivity contribution in [2.45, 2.75) is 13.0 Å². The van der Waals surface area contributed by atoms with Crippen molar-refractivity contribution in [3.8, 4) is 0 Å². The third-order valence-electron chi connectivity index (χ3n) is 3.57. The van der Waals surface area contributed by atoms with Gasteiger partial charge in [0.1, 0.15) is 5.82 Å². The lowest BCUT2D eigenvalue weighted by Gasteiger charge is -2.13. The summed E-state index contributed by atoms with van der Waals surface area (Å²) in [5, 5.41) is 11.0. The minimum absolute atomic E-state index is 0.131. The van der Waals surface area contributed by atoms with E-state index in [1.807, 2.05) is 0 Å². The van der Waals surface area contributed by atoms with E-state index in [0.29, 0.717) is 0 Å². The number of ketones is 1. The molecule has 0 aliphatic heterocycles. The fourth-order valence-corrected chi connectivity index (χ4v) is 2.20. The number of nitro benzene ring substituents is 1. The van der Waals surface area contributed by atoms with Crippen molar-refractivity contribution < 1.29 is 33.2 Å². The van der Waals surface area contributed by atoms with Gasteiger partial charge in [-0.1, -0.05) is 0 Å². The van der Waals surface area contributed by atoms with E-state index >= 15 is 0 Å². The highest BCUT2D eigenvalue weighted by Crippen LogP contribution is 2.20. The van der Waals surface area contributed by atoms with Crippen LogP contribution in [0.5, 0.6) is 0 Å². The average molecular weight is 375 g/mol. The van der Waals surface area contributed by atoms with Crippen LogP contribution in [0.2, 0.25) is 0 Å². The predicted molar refractivity (Wildman–Crippen MR) is 90.0 cm³/mol. The van der Waals surface area contributed by atoms with Crippen LogP contribution in [0, 0.1) is 15.9 Å². The number of rotatable bonds is 6. The molecule has 2 aromatic carbocycles. The molecule has 0 saturated heterocycles. The Morgan fingerprint density at radius 2 is 1.56 bits per heavy atom. The number of hydrogen-bond acceptors (Lipinski definition) is 7. The summed E-state index contributed by atoms with van der Waals surface area (Å²) >= 11 is 0. The van der Waals surface area contributed by atoms with Gasteiger partial charge < -0.3 is 9.47 Å². The SMILES string of the molecule is COC(=O)c1cc(C(=O)O[C@H](C)C(=O)c2ccc(F)cc2)cc([N+](=O)[O-])c1. The van der Waals surface area contributed by atoms with E-state index in [1.165, 1.54) is 19.1 Å². The Morgan fingerprint density at radius 1 is 1.00 bits per heavy atom. The molecule has 0 amide bonds. The van der Waals surface area contributed by atoms with E-state index in [4.69, 9.17) is 4.74 Å². The molecule has 0 heterocycles. The second-order valence-electron chi connectivity index (χ2n) is 5.44. The molecule has 0 saturated carbocycles. The number of carbonyl (C=O) groups excluding carboxylic acids is 3. The summed E-state index contributed by atoms with van der Waals surface area (Å²) in [6, 6.07) is 7.60. The van der Waals surface area contributed by atoms with E-state index in [9.17, 15) is 28.9 Å². The zero-order valence-electron chi connectivity index (χ0n) is 14.3. The minimum atomic E-state index is -1.23. The second kappa shape index (κ2) is 8.17. The van der Waals surface area contributed by atoms with Crippen molar-refractivity contribution in [3.63, 3.8) is 0 Å². The third kappa shape index (κ3) is 4.72. The summed E-state index contributed by atoms with van der Waals surface area (Å²) in [6.07, 6.45) is -1.23. The van der Waals surface area contributed by atoms with Gasteiger partial charge in [0.15, 0.2) is 6.10 Å². The molecule has 9 heteroatoms. The maximum atomic E-state index is 12.9. The number of esters is 2. The highest BCUT2D eigenvalue weighted by Gasteiger charge is 2.23. The molecule has 8 nitrogen and oxygen atoms in total. The number of benzene rings is 2. The van der Waals surface area contributed by atoms with Gasteiger partial charge in [0.2, 0.25) is 5.78 Å². The number of nitrogens with zero attached hydrogens (tertiary/aromatic N) is 1. The van der Waals surface area contributed by atoms with Gasteiger partial charge in [-0.05, 0) is 37.3 Å². The van der Waals surface area contributed by atoms with E-state index in [-0.39, 0.29) is 16.7 Å². The minimum Gasteiger partial charge on any atom is -0.465 e. The Bertz CT molecular complexity index is 908. The monoisotopic (exact) mass is 375 g/mol. The first-order valence-electron chi connectivity index (χ1n) is 7.61. The molecule has 0 fully saturated rings. The number of Topliss-reactive ketones (excluding diaryl/α,β-unsaturated/α-hetero) is 1. The predicted octanol–water partition coefficient (Wildman–Crippen LogP) is 2.95. The number of non-ortho nitro benzene ring substituents is 1. The first kappa shape index (κ1) is 19.7. The highest BCUT2D eigenvalue weighted by atomic mass is 19.1. The molecule has 0 aromatic heterocycles. The van der Waals surface area contributed by atoms with Crippen LogP contribution in [-0.4, -0.2) is 35.9 Å². The lowest BCUT2D eigenvalue weighted by Crippen LogP contribution is -2.24. The van der Waals surface area contributed by atoms with Crippen LogP contribution in [-0.2, 0) is 9.47 Å². The largest absolute Gasteiger partial charge is 0.465 e. The molecule has 0 spiro atoms.